The number of benzene rings is 1. The van der Waals surface area contributed by atoms with Gasteiger partial charge in [0.2, 0.25) is 0 Å². The predicted molar refractivity (Wildman–Crippen MR) is 109 cm³/mol. The number of rotatable bonds is 10. The highest BCUT2D eigenvalue weighted by molar-refractivity contribution is 5.90. The van der Waals surface area contributed by atoms with Gasteiger partial charge < -0.3 is 15.5 Å². The fourth-order valence-electron chi connectivity index (χ4n) is 3.95. The number of carbonyl (C=O) groups is 1. The molecule has 1 aliphatic carbocycles. The molecule has 0 radical (unpaired) electrons. The molecule has 4 nitrogen and oxygen atoms in total. The molecule has 1 heterocycles. The quantitative estimate of drug-likeness (QED) is 0.582. The van der Waals surface area contributed by atoms with Crippen molar-refractivity contribution in [2.45, 2.75) is 83.2 Å². The SMILES string of the molecule is CCCCCCCCCCc1ccc(NC(=O)N2CCNC3CC32)cc1. The minimum absolute atomic E-state index is 0.0508. The van der Waals surface area contributed by atoms with Crippen LogP contribution in [0.4, 0.5) is 10.5 Å². The summed E-state index contributed by atoms with van der Waals surface area (Å²) in [5, 5.41) is 6.49. The van der Waals surface area contributed by atoms with E-state index in [1.54, 1.807) is 0 Å². The lowest BCUT2D eigenvalue weighted by Gasteiger charge is -2.27. The summed E-state index contributed by atoms with van der Waals surface area (Å²) in [5.74, 6) is 0. The Labute approximate surface area is 158 Å². The third-order valence-electron chi connectivity index (χ3n) is 5.70. The van der Waals surface area contributed by atoms with E-state index in [2.05, 4.69) is 29.7 Å². The molecular weight excluding hydrogens is 322 g/mol. The molecule has 26 heavy (non-hydrogen) atoms. The molecule has 1 saturated heterocycles. The van der Waals surface area contributed by atoms with Crippen LogP contribution in [0.5, 0.6) is 0 Å². The number of hydrogen-bond donors (Lipinski definition) is 2. The van der Waals surface area contributed by atoms with Gasteiger partial charge in [0.25, 0.3) is 0 Å². The number of piperazine rings is 1. The van der Waals surface area contributed by atoms with Crippen molar-refractivity contribution in [3.8, 4) is 0 Å². The maximum Gasteiger partial charge on any atom is 0.322 e. The van der Waals surface area contributed by atoms with Crippen molar-refractivity contribution in [3.63, 3.8) is 0 Å². The second kappa shape index (κ2) is 9.96. The molecule has 2 aliphatic rings. The molecule has 2 N–H and O–H groups in total. The van der Waals surface area contributed by atoms with Crippen LogP contribution in [0, 0.1) is 0 Å². The molecule has 0 bridgehead atoms. The fourth-order valence-corrected chi connectivity index (χ4v) is 3.95. The van der Waals surface area contributed by atoms with Crippen molar-refractivity contribution < 1.29 is 4.79 Å². The summed E-state index contributed by atoms with van der Waals surface area (Å²) in [5.41, 5.74) is 2.28. The maximum absolute atomic E-state index is 12.4. The minimum atomic E-state index is 0.0508. The number of aryl methyl sites for hydroxylation is 1. The second-order valence-corrected chi connectivity index (χ2v) is 7.91. The Hall–Kier alpha value is -1.55. The third kappa shape index (κ3) is 5.73. The van der Waals surface area contributed by atoms with Gasteiger partial charge in [-0.2, -0.15) is 0 Å². The van der Waals surface area contributed by atoms with Gasteiger partial charge in [-0.3, -0.25) is 0 Å². The third-order valence-corrected chi connectivity index (χ3v) is 5.70. The first-order valence-electron chi connectivity index (χ1n) is 10.7. The zero-order valence-corrected chi connectivity index (χ0v) is 16.3. The van der Waals surface area contributed by atoms with Crippen LogP contribution >= 0.6 is 0 Å². The number of anilines is 1. The number of fused-ring (bicyclic) bond motifs is 1. The summed E-state index contributed by atoms with van der Waals surface area (Å²) in [6.45, 7) is 3.99. The van der Waals surface area contributed by atoms with E-state index in [0.717, 1.165) is 31.6 Å². The van der Waals surface area contributed by atoms with Crippen molar-refractivity contribution >= 4 is 11.7 Å². The van der Waals surface area contributed by atoms with Gasteiger partial charge in [0.1, 0.15) is 0 Å². The Morgan fingerprint density at radius 2 is 1.77 bits per heavy atom. The summed E-state index contributed by atoms with van der Waals surface area (Å²) >= 11 is 0. The van der Waals surface area contributed by atoms with Gasteiger partial charge in [0.15, 0.2) is 0 Å². The molecule has 1 aromatic carbocycles. The van der Waals surface area contributed by atoms with E-state index >= 15 is 0 Å². The molecule has 1 aliphatic heterocycles. The molecule has 1 saturated carbocycles. The topological polar surface area (TPSA) is 44.4 Å². The number of unbranched alkanes of at least 4 members (excludes halogenated alkanes) is 7. The van der Waals surface area contributed by atoms with E-state index in [-0.39, 0.29) is 6.03 Å². The van der Waals surface area contributed by atoms with Crippen LogP contribution in [0.25, 0.3) is 0 Å². The molecule has 4 heteroatoms. The summed E-state index contributed by atoms with van der Waals surface area (Å²) in [4.78, 5) is 14.4. The Kier molecular flexibility index (Phi) is 7.36. The lowest BCUT2D eigenvalue weighted by Crippen LogP contribution is -2.48. The van der Waals surface area contributed by atoms with Crippen molar-refractivity contribution in [2.75, 3.05) is 18.4 Å². The van der Waals surface area contributed by atoms with Gasteiger partial charge in [-0.1, -0.05) is 64.0 Å². The van der Waals surface area contributed by atoms with Crippen LogP contribution in [0.1, 0.15) is 70.3 Å². The molecular formula is C22H35N3O. The number of urea groups is 1. The summed E-state index contributed by atoms with van der Waals surface area (Å²) in [6, 6.07) is 9.40. The van der Waals surface area contributed by atoms with Gasteiger partial charge in [0.05, 0.1) is 6.04 Å². The summed E-state index contributed by atoms with van der Waals surface area (Å²) < 4.78 is 0. The smallest absolute Gasteiger partial charge is 0.319 e. The number of nitrogens with zero attached hydrogens (tertiary/aromatic N) is 1. The monoisotopic (exact) mass is 357 g/mol. The van der Waals surface area contributed by atoms with E-state index < -0.39 is 0 Å². The van der Waals surface area contributed by atoms with Crippen LogP contribution in [-0.2, 0) is 6.42 Å². The van der Waals surface area contributed by atoms with E-state index in [9.17, 15) is 4.79 Å². The standard InChI is InChI=1S/C22H35N3O/c1-2-3-4-5-6-7-8-9-10-18-11-13-19(14-12-18)24-22(26)25-16-15-23-20-17-21(20)25/h11-14,20-21,23H,2-10,15-17H2,1H3,(H,24,26). The first kappa shape index (κ1) is 19.2. The number of nitrogens with one attached hydrogen (secondary N) is 2. The molecule has 0 spiro atoms. The van der Waals surface area contributed by atoms with Gasteiger partial charge in [-0.15, -0.1) is 0 Å². The van der Waals surface area contributed by atoms with Gasteiger partial charge >= 0.3 is 6.03 Å². The van der Waals surface area contributed by atoms with Crippen LogP contribution < -0.4 is 10.6 Å². The Balaban J connectivity index is 1.31. The first-order valence-corrected chi connectivity index (χ1v) is 10.7. The lowest BCUT2D eigenvalue weighted by atomic mass is 10.0. The highest BCUT2D eigenvalue weighted by Gasteiger charge is 2.46. The normalized spacial score (nSPS) is 21.3. The zero-order valence-electron chi connectivity index (χ0n) is 16.3. The number of hydrogen-bond acceptors (Lipinski definition) is 2. The van der Waals surface area contributed by atoms with E-state index in [4.69, 9.17) is 0 Å². The van der Waals surface area contributed by atoms with Crippen LogP contribution in [-0.4, -0.2) is 36.1 Å². The lowest BCUT2D eigenvalue weighted by molar-refractivity contribution is 0.199. The average Bonchev–Trinajstić information content (AvgIpc) is 3.45. The molecule has 2 atom stereocenters. The van der Waals surface area contributed by atoms with Crippen molar-refractivity contribution in [1.29, 1.82) is 0 Å². The number of amides is 2. The minimum Gasteiger partial charge on any atom is -0.319 e. The van der Waals surface area contributed by atoms with Gasteiger partial charge in [0, 0.05) is 24.8 Å². The molecule has 0 aromatic heterocycles. The highest BCUT2D eigenvalue weighted by atomic mass is 16.2. The Bertz CT molecular complexity index is 557. The van der Waals surface area contributed by atoms with Crippen LogP contribution in [0.15, 0.2) is 24.3 Å². The average molecular weight is 358 g/mol. The van der Waals surface area contributed by atoms with Crippen molar-refractivity contribution in [2.24, 2.45) is 0 Å². The Morgan fingerprint density at radius 1 is 1.08 bits per heavy atom. The highest BCUT2D eigenvalue weighted by Crippen LogP contribution is 2.30. The summed E-state index contributed by atoms with van der Waals surface area (Å²) in [7, 11) is 0. The van der Waals surface area contributed by atoms with E-state index in [0.29, 0.717) is 12.1 Å². The van der Waals surface area contributed by atoms with E-state index in [1.807, 2.05) is 17.0 Å². The molecule has 3 rings (SSSR count). The summed E-state index contributed by atoms with van der Waals surface area (Å²) in [6.07, 6.45) is 13.1. The van der Waals surface area contributed by atoms with Crippen molar-refractivity contribution in [3.05, 3.63) is 29.8 Å². The molecule has 144 valence electrons. The molecule has 2 amide bonds. The van der Waals surface area contributed by atoms with Gasteiger partial charge in [-0.05, 0) is 37.0 Å². The van der Waals surface area contributed by atoms with Crippen molar-refractivity contribution in [1.82, 2.24) is 10.2 Å². The molecule has 2 unspecified atom stereocenters. The first-order chi connectivity index (χ1) is 12.8. The second-order valence-electron chi connectivity index (χ2n) is 7.91. The maximum atomic E-state index is 12.4. The number of carbonyl (C=O) groups excluding carboxylic acids is 1. The predicted octanol–water partition coefficient (Wildman–Crippen LogP) is 4.95. The van der Waals surface area contributed by atoms with Crippen LogP contribution in [0.3, 0.4) is 0 Å². The molecule has 2 fully saturated rings. The van der Waals surface area contributed by atoms with E-state index in [1.165, 1.54) is 56.9 Å². The Morgan fingerprint density at radius 3 is 2.50 bits per heavy atom. The van der Waals surface area contributed by atoms with Gasteiger partial charge in [-0.25, -0.2) is 4.79 Å². The fraction of sp³-hybridized carbons (Fsp3) is 0.682. The van der Waals surface area contributed by atoms with Crippen LogP contribution in [0.2, 0.25) is 0 Å². The zero-order chi connectivity index (χ0) is 18.2. The molecule has 1 aromatic rings. The largest absolute Gasteiger partial charge is 0.322 e.